The number of amides is 2. The number of tetrazole rings is 1. The van der Waals surface area contributed by atoms with Crippen molar-refractivity contribution in [2.45, 2.75) is 39.5 Å². The predicted molar refractivity (Wildman–Crippen MR) is 137 cm³/mol. The van der Waals surface area contributed by atoms with Crippen molar-refractivity contribution in [1.82, 2.24) is 30.1 Å². The van der Waals surface area contributed by atoms with Crippen molar-refractivity contribution in [2.75, 3.05) is 11.9 Å². The molecule has 3 heterocycles. The van der Waals surface area contributed by atoms with Gasteiger partial charge in [-0.3, -0.25) is 4.79 Å². The lowest BCUT2D eigenvalue weighted by Gasteiger charge is -2.28. The number of halogens is 1. The number of aromatic nitrogens is 5. The third kappa shape index (κ3) is 5.36. The Hall–Kier alpha value is -4.67. The van der Waals surface area contributed by atoms with Gasteiger partial charge in [0.15, 0.2) is 0 Å². The molecule has 2 aromatic carbocycles. The molecule has 1 aliphatic heterocycles. The largest absolute Gasteiger partial charge is 0.445 e. The number of nitrogens with zero attached hydrogens (tertiary/aromatic N) is 6. The van der Waals surface area contributed by atoms with Gasteiger partial charge in [-0.1, -0.05) is 36.4 Å². The second kappa shape index (κ2) is 10.8. The van der Waals surface area contributed by atoms with Crippen LogP contribution in [0, 0.1) is 5.82 Å². The molecule has 0 saturated carbocycles. The fourth-order valence-corrected chi connectivity index (χ4v) is 4.24. The maximum atomic E-state index is 14.9. The van der Waals surface area contributed by atoms with Gasteiger partial charge in [0.25, 0.3) is 5.91 Å². The summed E-state index contributed by atoms with van der Waals surface area (Å²) in [6.07, 6.45) is 0.00235. The van der Waals surface area contributed by atoms with Gasteiger partial charge in [0.1, 0.15) is 23.9 Å². The summed E-state index contributed by atoms with van der Waals surface area (Å²) in [4.78, 5) is 31.6. The highest BCUT2D eigenvalue weighted by Gasteiger charge is 2.25. The number of benzene rings is 2. The lowest BCUT2D eigenvalue weighted by atomic mass is 9.97. The first kappa shape index (κ1) is 25.0. The number of carbonyl (C=O) groups is 2. The Bertz CT molecular complexity index is 1470. The highest BCUT2D eigenvalue weighted by Crippen LogP contribution is 2.25. The first-order valence-corrected chi connectivity index (χ1v) is 12.2. The Balaban J connectivity index is 1.29. The summed E-state index contributed by atoms with van der Waals surface area (Å²) >= 11 is 0. The van der Waals surface area contributed by atoms with Gasteiger partial charge in [-0.25, -0.2) is 18.9 Å². The van der Waals surface area contributed by atoms with Gasteiger partial charge >= 0.3 is 6.09 Å². The molecule has 0 spiro atoms. The molecule has 194 valence electrons. The molecule has 38 heavy (non-hydrogen) atoms. The van der Waals surface area contributed by atoms with Gasteiger partial charge in [0.2, 0.25) is 5.82 Å². The van der Waals surface area contributed by atoms with Gasteiger partial charge in [-0.15, -0.1) is 5.10 Å². The smallest absolute Gasteiger partial charge is 0.410 e. The fourth-order valence-electron chi connectivity index (χ4n) is 4.24. The molecular weight excluding hydrogens is 489 g/mol. The molecule has 2 amide bonds. The molecule has 10 nitrogen and oxygen atoms in total. The van der Waals surface area contributed by atoms with Gasteiger partial charge in [-0.05, 0) is 71.7 Å². The summed E-state index contributed by atoms with van der Waals surface area (Å²) in [5, 5.41) is 14.4. The van der Waals surface area contributed by atoms with Crippen LogP contribution in [0.1, 0.15) is 46.9 Å². The summed E-state index contributed by atoms with van der Waals surface area (Å²) in [6, 6.07) is 17.3. The molecule has 0 saturated heterocycles. The van der Waals surface area contributed by atoms with E-state index in [1.54, 1.807) is 27.8 Å². The minimum Gasteiger partial charge on any atom is -0.445 e. The van der Waals surface area contributed by atoms with Crippen LogP contribution in [0.15, 0.2) is 60.7 Å². The molecule has 0 atom stereocenters. The minimum absolute atomic E-state index is 0.0137. The molecule has 0 unspecified atom stereocenters. The average Bonchev–Trinajstić information content (AvgIpc) is 3.42. The maximum absolute atomic E-state index is 14.9. The van der Waals surface area contributed by atoms with Gasteiger partial charge in [0.05, 0.1) is 11.6 Å². The van der Waals surface area contributed by atoms with Crippen molar-refractivity contribution in [3.8, 4) is 11.5 Å². The third-order valence-electron chi connectivity index (χ3n) is 6.21. The fraction of sp³-hybridized carbons (Fsp3) is 0.259. The lowest BCUT2D eigenvalue weighted by Crippen LogP contribution is -2.36. The number of anilines is 1. The zero-order valence-electron chi connectivity index (χ0n) is 21.0. The number of ether oxygens (including phenoxy) is 1. The van der Waals surface area contributed by atoms with E-state index in [0.717, 1.165) is 11.1 Å². The van der Waals surface area contributed by atoms with E-state index in [-0.39, 0.29) is 30.6 Å². The van der Waals surface area contributed by atoms with Crippen LogP contribution in [0.3, 0.4) is 0 Å². The summed E-state index contributed by atoms with van der Waals surface area (Å²) in [5.74, 6) is -0.604. The zero-order chi connectivity index (χ0) is 26.6. The van der Waals surface area contributed by atoms with Gasteiger partial charge in [0, 0.05) is 13.1 Å². The average molecular weight is 516 g/mol. The Kier molecular flexibility index (Phi) is 7.07. The summed E-state index contributed by atoms with van der Waals surface area (Å²) < 4.78 is 22.0. The van der Waals surface area contributed by atoms with Crippen molar-refractivity contribution in [3.63, 3.8) is 0 Å². The van der Waals surface area contributed by atoms with Crippen LogP contribution >= 0.6 is 0 Å². The Morgan fingerprint density at radius 3 is 2.68 bits per heavy atom. The number of hydrogen-bond donors (Lipinski definition) is 1. The van der Waals surface area contributed by atoms with E-state index in [2.05, 4.69) is 25.8 Å². The van der Waals surface area contributed by atoms with E-state index in [1.807, 2.05) is 44.2 Å². The lowest BCUT2D eigenvalue weighted by molar-refractivity contribution is 0.0918. The molecule has 4 aromatic rings. The molecule has 0 radical (unpaired) electrons. The van der Waals surface area contributed by atoms with E-state index >= 15 is 0 Å². The molecule has 0 bridgehead atoms. The summed E-state index contributed by atoms with van der Waals surface area (Å²) in [5.41, 5.74) is 2.67. The summed E-state index contributed by atoms with van der Waals surface area (Å²) in [6.45, 7) is 4.66. The van der Waals surface area contributed by atoms with Crippen LogP contribution < -0.4 is 5.32 Å². The minimum atomic E-state index is -0.651. The molecule has 1 N–H and O–H groups in total. The first-order chi connectivity index (χ1) is 18.4. The second-order valence-corrected chi connectivity index (χ2v) is 9.22. The van der Waals surface area contributed by atoms with E-state index in [1.165, 1.54) is 12.1 Å². The van der Waals surface area contributed by atoms with Crippen LogP contribution in [0.4, 0.5) is 15.0 Å². The molecule has 1 aliphatic rings. The van der Waals surface area contributed by atoms with Crippen molar-refractivity contribution in [2.24, 2.45) is 0 Å². The zero-order valence-corrected chi connectivity index (χ0v) is 21.0. The van der Waals surface area contributed by atoms with Crippen molar-refractivity contribution in [1.29, 1.82) is 0 Å². The van der Waals surface area contributed by atoms with Gasteiger partial charge < -0.3 is 15.0 Å². The first-order valence-electron chi connectivity index (χ1n) is 12.2. The summed E-state index contributed by atoms with van der Waals surface area (Å²) in [7, 11) is 0. The number of nitrogens with one attached hydrogen (secondary N) is 1. The molecule has 5 rings (SSSR count). The van der Waals surface area contributed by atoms with Crippen molar-refractivity contribution in [3.05, 3.63) is 88.7 Å². The predicted octanol–water partition coefficient (Wildman–Crippen LogP) is 4.40. The number of pyridine rings is 1. The van der Waals surface area contributed by atoms with E-state index in [4.69, 9.17) is 4.74 Å². The van der Waals surface area contributed by atoms with Crippen LogP contribution in [-0.2, 0) is 24.3 Å². The molecule has 2 aromatic heterocycles. The van der Waals surface area contributed by atoms with E-state index in [9.17, 15) is 14.0 Å². The normalized spacial score (nSPS) is 12.8. The second-order valence-electron chi connectivity index (χ2n) is 9.22. The number of hydrogen-bond acceptors (Lipinski definition) is 7. The number of carbonyl (C=O) groups excluding carboxylic acids is 2. The Labute approximate surface area is 218 Å². The SMILES string of the molecule is CC(C)n1nnnc1-c1cccc(NC(=O)c2cc3c(cc2F)CCN(C(=O)OCc2ccccc2)C3)n1. The van der Waals surface area contributed by atoms with Crippen LogP contribution in [0.5, 0.6) is 0 Å². The van der Waals surface area contributed by atoms with E-state index in [0.29, 0.717) is 30.0 Å². The van der Waals surface area contributed by atoms with Crippen LogP contribution in [0.25, 0.3) is 11.5 Å². The Morgan fingerprint density at radius 1 is 1.08 bits per heavy atom. The van der Waals surface area contributed by atoms with Crippen LogP contribution in [0.2, 0.25) is 0 Å². The molecule has 0 aliphatic carbocycles. The number of fused-ring (bicyclic) bond motifs is 1. The van der Waals surface area contributed by atoms with Crippen molar-refractivity contribution < 1.29 is 18.7 Å². The molecular formula is C27H26FN7O3. The topological polar surface area (TPSA) is 115 Å². The standard InChI is InChI=1S/C27H26FN7O3/c1-17(2)35-25(31-32-33-35)23-9-6-10-24(29-23)30-26(36)21-13-20-15-34(12-11-19(20)14-22(21)28)27(37)38-16-18-7-4-3-5-8-18/h3-10,13-14,17H,11-12,15-16H2,1-2H3,(H,29,30,36). The maximum Gasteiger partial charge on any atom is 0.410 e. The quantitative estimate of drug-likeness (QED) is 0.405. The molecule has 11 heteroatoms. The van der Waals surface area contributed by atoms with Crippen molar-refractivity contribution >= 4 is 17.8 Å². The van der Waals surface area contributed by atoms with E-state index < -0.39 is 17.8 Å². The highest BCUT2D eigenvalue weighted by atomic mass is 19.1. The number of rotatable bonds is 6. The molecule has 0 fully saturated rings. The van der Waals surface area contributed by atoms with Gasteiger partial charge in [-0.2, -0.15) is 0 Å². The third-order valence-corrected chi connectivity index (χ3v) is 6.21. The monoisotopic (exact) mass is 515 g/mol. The highest BCUT2D eigenvalue weighted by molar-refractivity contribution is 6.04. The Morgan fingerprint density at radius 2 is 1.89 bits per heavy atom. The van der Waals surface area contributed by atoms with Crippen LogP contribution in [-0.4, -0.2) is 48.6 Å².